The number of nitrogens with zero attached hydrogens (tertiary/aromatic N) is 4. The van der Waals surface area contributed by atoms with Crippen molar-refractivity contribution in [3.8, 4) is 11.4 Å². The van der Waals surface area contributed by atoms with Crippen molar-refractivity contribution >= 4 is 17.2 Å². The lowest BCUT2D eigenvalue weighted by molar-refractivity contribution is -0.121. The normalized spacial score (nSPS) is 12.0. The standard InChI is InChI=1S/C19H18N6O2S/c1-12-20-19(24-23-12)17(13-5-3-2-4-6-13)21-15(26)7-8-16-22-18(25-27-16)14-9-10-28-11-14/h2-6,9-11,17H,7-8H2,1H3,(H,21,26)(H,20,23,24). The van der Waals surface area contributed by atoms with Gasteiger partial charge in [0.15, 0.2) is 5.82 Å². The highest BCUT2D eigenvalue weighted by atomic mass is 32.1. The summed E-state index contributed by atoms with van der Waals surface area (Å²) in [6.45, 7) is 1.82. The van der Waals surface area contributed by atoms with Gasteiger partial charge in [0.25, 0.3) is 0 Å². The number of benzene rings is 1. The summed E-state index contributed by atoms with van der Waals surface area (Å²) in [4.78, 5) is 21.3. The van der Waals surface area contributed by atoms with E-state index in [9.17, 15) is 4.79 Å². The zero-order valence-corrected chi connectivity index (χ0v) is 15.9. The van der Waals surface area contributed by atoms with Crippen LogP contribution in [0.4, 0.5) is 0 Å². The van der Waals surface area contributed by atoms with Crippen LogP contribution in [0.5, 0.6) is 0 Å². The number of aromatic nitrogens is 5. The van der Waals surface area contributed by atoms with Gasteiger partial charge in [0.2, 0.25) is 17.6 Å². The number of hydrogen-bond donors (Lipinski definition) is 2. The van der Waals surface area contributed by atoms with Gasteiger partial charge in [0.05, 0.1) is 0 Å². The molecule has 0 aliphatic heterocycles. The molecule has 9 heteroatoms. The Kier molecular flexibility index (Phi) is 5.24. The number of carbonyl (C=O) groups excluding carboxylic acids is 1. The minimum Gasteiger partial charge on any atom is -0.342 e. The second-order valence-corrected chi connectivity index (χ2v) is 6.99. The van der Waals surface area contributed by atoms with Crippen LogP contribution >= 0.6 is 11.3 Å². The van der Waals surface area contributed by atoms with Gasteiger partial charge in [-0.1, -0.05) is 35.5 Å². The zero-order valence-electron chi connectivity index (χ0n) is 15.1. The second-order valence-electron chi connectivity index (χ2n) is 6.21. The summed E-state index contributed by atoms with van der Waals surface area (Å²) in [5.41, 5.74) is 1.82. The number of rotatable bonds is 7. The van der Waals surface area contributed by atoms with Gasteiger partial charge in [0, 0.05) is 23.8 Å². The number of thiophene rings is 1. The highest BCUT2D eigenvalue weighted by molar-refractivity contribution is 7.08. The maximum atomic E-state index is 12.6. The topological polar surface area (TPSA) is 110 Å². The van der Waals surface area contributed by atoms with E-state index in [0.29, 0.717) is 29.8 Å². The molecule has 4 aromatic rings. The molecule has 0 radical (unpaired) electrons. The lowest BCUT2D eigenvalue weighted by Gasteiger charge is -2.16. The van der Waals surface area contributed by atoms with Gasteiger partial charge >= 0.3 is 0 Å². The fourth-order valence-electron chi connectivity index (χ4n) is 2.75. The Morgan fingerprint density at radius 3 is 2.82 bits per heavy atom. The van der Waals surface area contributed by atoms with Crippen molar-refractivity contribution in [1.82, 2.24) is 30.6 Å². The highest BCUT2D eigenvalue weighted by Gasteiger charge is 2.21. The van der Waals surface area contributed by atoms with Crippen molar-refractivity contribution in [3.63, 3.8) is 0 Å². The van der Waals surface area contributed by atoms with Crippen molar-refractivity contribution in [2.75, 3.05) is 0 Å². The van der Waals surface area contributed by atoms with E-state index in [1.807, 2.05) is 54.1 Å². The molecule has 1 atom stereocenters. The molecule has 2 N–H and O–H groups in total. The molecular formula is C19H18N6O2S. The molecule has 28 heavy (non-hydrogen) atoms. The third-order valence-electron chi connectivity index (χ3n) is 4.12. The first-order valence-electron chi connectivity index (χ1n) is 8.77. The third-order valence-corrected chi connectivity index (χ3v) is 4.81. The van der Waals surface area contributed by atoms with Gasteiger partial charge in [-0.3, -0.25) is 9.89 Å². The van der Waals surface area contributed by atoms with Crippen LogP contribution in [0, 0.1) is 6.92 Å². The quantitative estimate of drug-likeness (QED) is 0.498. The van der Waals surface area contributed by atoms with Gasteiger partial charge in [-0.25, -0.2) is 4.98 Å². The van der Waals surface area contributed by atoms with Gasteiger partial charge in [-0.05, 0) is 23.9 Å². The Bertz CT molecular complexity index is 1040. The molecule has 4 rings (SSSR count). The fourth-order valence-corrected chi connectivity index (χ4v) is 3.38. The Balaban J connectivity index is 1.42. The second kappa shape index (κ2) is 8.13. The van der Waals surface area contributed by atoms with Crippen molar-refractivity contribution in [2.24, 2.45) is 0 Å². The minimum atomic E-state index is -0.428. The lowest BCUT2D eigenvalue weighted by atomic mass is 10.1. The zero-order chi connectivity index (χ0) is 19.3. The van der Waals surface area contributed by atoms with Crippen LogP contribution in [-0.2, 0) is 11.2 Å². The van der Waals surface area contributed by atoms with Crippen LogP contribution in [0.3, 0.4) is 0 Å². The molecule has 3 aromatic heterocycles. The number of aryl methyl sites for hydroxylation is 2. The summed E-state index contributed by atoms with van der Waals surface area (Å²) in [6, 6.07) is 11.1. The van der Waals surface area contributed by atoms with Crippen molar-refractivity contribution in [1.29, 1.82) is 0 Å². The molecule has 1 aromatic carbocycles. The van der Waals surface area contributed by atoms with Gasteiger partial charge in [-0.2, -0.15) is 21.4 Å². The molecule has 0 bridgehead atoms. The SMILES string of the molecule is Cc1nc(C(NC(=O)CCc2nc(-c3ccsc3)no2)c2ccccc2)n[nH]1. The Labute approximate surface area is 165 Å². The molecule has 8 nitrogen and oxygen atoms in total. The Morgan fingerprint density at radius 2 is 2.11 bits per heavy atom. The summed E-state index contributed by atoms with van der Waals surface area (Å²) < 4.78 is 5.25. The van der Waals surface area contributed by atoms with E-state index >= 15 is 0 Å². The fraction of sp³-hybridized carbons (Fsp3) is 0.211. The van der Waals surface area contributed by atoms with Crippen LogP contribution in [0.15, 0.2) is 51.7 Å². The van der Waals surface area contributed by atoms with Crippen LogP contribution in [0.1, 0.15) is 35.6 Å². The van der Waals surface area contributed by atoms with E-state index in [-0.39, 0.29) is 12.3 Å². The van der Waals surface area contributed by atoms with Crippen LogP contribution < -0.4 is 5.32 Å². The third kappa shape index (κ3) is 4.15. The summed E-state index contributed by atoms with van der Waals surface area (Å²) in [5, 5.41) is 17.9. The van der Waals surface area contributed by atoms with Crippen molar-refractivity contribution in [3.05, 3.63) is 70.3 Å². The summed E-state index contributed by atoms with van der Waals surface area (Å²) in [6.07, 6.45) is 0.579. The van der Waals surface area contributed by atoms with Crippen LogP contribution in [0.2, 0.25) is 0 Å². The van der Waals surface area contributed by atoms with E-state index in [4.69, 9.17) is 4.52 Å². The number of amides is 1. The van der Waals surface area contributed by atoms with Crippen LogP contribution in [0.25, 0.3) is 11.4 Å². The van der Waals surface area contributed by atoms with Crippen molar-refractivity contribution < 1.29 is 9.32 Å². The first-order chi connectivity index (χ1) is 13.7. The van der Waals surface area contributed by atoms with Gasteiger partial charge in [-0.15, -0.1) is 0 Å². The van der Waals surface area contributed by atoms with E-state index in [0.717, 1.165) is 11.1 Å². The predicted molar refractivity (Wildman–Crippen MR) is 103 cm³/mol. The maximum Gasteiger partial charge on any atom is 0.227 e. The predicted octanol–water partition coefficient (Wildman–Crippen LogP) is 3.06. The number of H-pyrrole nitrogens is 1. The summed E-state index contributed by atoms with van der Waals surface area (Å²) in [5.74, 6) is 2.04. The van der Waals surface area contributed by atoms with Gasteiger partial charge in [0.1, 0.15) is 11.9 Å². The number of carbonyl (C=O) groups is 1. The molecule has 142 valence electrons. The highest BCUT2D eigenvalue weighted by Crippen LogP contribution is 2.20. The van der Waals surface area contributed by atoms with Crippen LogP contribution in [-0.4, -0.2) is 31.2 Å². The largest absolute Gasteiger partial charge is 0.342 e. The molecule has 0 aliphatic rings. The molecule has 0 spiro atoms. The molecule has 0 saturated heterocycles. The molecule has 1 amide bonds. The first-order valence-corrected chi connectivity index (χ1v) is 9.71. The molecule has 0 fully saturated rings. The average molecular weight is 394 g/mol. The van der Waals surface area contributed by atoms with E-state index < -0.39 is 6.04 Å². The van der Waals surface area contributed by atoms with E-state index in [2.05, 4.69) is 30.6 Å². The Morgan fingerprint density at radius 1 is 1.25 bits per heavy atom. The van der Waals surface area contributed by atoms with E-state index in [1.165, 1.54) is 0 Å². The van der Waals surface area contributed by atoms with Crippen molar-refractivity contribution in [2.45, 2.75) is 25.8 Å². The molecule has 1 unspecified atom stereocenters. The molecule has 0 aliphatic carbocycles. The molecule has 3 heterocycles. The number of aromatic amines is 1. The lowest BCUT2D eigenvalue weighted by Crippen LogP contribution is -2.30. The number of hydrogen-bond acceptors (Lipinski definition) is 7. The first kappa shape index (κ1) is 18.1. The number of nitrogens with one attached hydrogen (secondary N) is 2. The monoisotopic (exact) mass is 394 g/mol. The smallest absolute Gasteiger partial charge is 0.227 e. The molecular weight excluding hydrogens is 376 g/mol. The van der Waals surface area contributed by atoms with E-state index in [1.54, 1.807) is 11.3 Å². The molecule has 0 saturated carbocycles. The summed E-state index contributed by atoms with van der Waals surface area (Å²) in [7, 11) is 0. The maximum absolute atomic E-state index is 12.6. The summed E-state index contributed by atoms with van der Waals surface area (Å²) >= 11 is 1.57. The average Bonchev–Trinajstić information content (AvgIpc) is 3.46. The minimum absolute atomic E-state index is 0.147. The van der Waals surface area contributed by atoms with Gasteiger partial charge < -0.3 is 9.84 Å². The Hall–Kier alpha value is -3.33.